The van der Waals surface area contributed by atoms with Crippen molar-refractivity contribution in [2.45, 2.75) is 18.9 Å². The average molecular weight is 226 g/mol. The van der Waals surface area contributed by atoms with Crippen LogP contribution in [0.3, 0.4) is 0 Å². The minimum absolute atomic E-state index is 0.199. The predicted molar refractivity (Wildman–Crippen MR) is 55.4 cm³/mol. The lowest BCUT2D eigenvalue weighted by Crippen LogP contribution is -2.27. The average Bonchev–Trinajstić information content (AvgIpc) is 2.93. The van der Waals surface area contributed by atoms with Gasteiger partial charge in [0.05, 0.1) is 6.26 Å². The van der Waals surface area contributed by atoms with Crippen molar-refractivity contribution in [2.24, 2.45) is 11.5 Å². The van der Waals surface area contributed by atoms with Gasteiger partial charge in [0.15, 0.2) is 5.76 Å². The first kappa shape index (κ1) is 12.3. The summed E-state index contributed by atoms with van der Waals surface area (Å²) in [6.45, 7) is 0.688. The van der Waals surface area contributed by atoms with Gasteiger partial charge in [0.2, 0.25) is 5.91 Å². The fourth-order valence-corrected chi connectivity index (χ4v) is 1.22. The minimum atomic E-state index is -0.532. The number of hydrogen-bond acceptors (Lipinski definition) is 4. The van der Waals surface area contributed by atoms with E-state index in [1.54, 1.807) is 6.07 Å². The molecule has 2 heterocycles. The lowest BCUT2D eigenvalue weighted by atomic mass is 10.2. The zero-order valence-electron chi connectivity index (χ0n) is 8.72. The maximum Gasteiger partial charge on any atom is 0.284 e. The number of ether oxygens (including phenoxy) is 1. The van der Waals surface area contributed by atoms with Gasteiger partial charge in [-0.3, -0.25) is 9.59 Å². The molecule has 6 heteroatoms. The summed E-state index contributed by atoms with van der Waals surface area (Å²) in [6, 6.07) is 3.13. The van der Waals surface area contributed by atoms with Crippen LogP contribution in [0.4, 0.5) is 0 Å². The zero-order chi connectivity index (χ0) is 12.0. The Labute approximate surface area is 92.5 Å². The summed E-state index contributed by atoms with van der Waals surface area (Å²) in [7, 11) is 0. The number of nitrogens with two attached hydrogens (primary N) is 2. The molecule has 1 aliphatic rings. The standard InChI is InChI=1S/C5H9NO2.C5H5NO2/c2*6-5(7)4-2-1-3-8-4/h4H,1-3H2,(H2,6,7);1-3H,(H2,6,7). The Morgan fingerprint density at radius 3 is 2.38 bits per heavy atom. The van der Waals surface area contributed by atoms with Gasteiger partial charge in [-0.1, -0.05) is 0 Å². The molecule has 0 saturated carbocycles. The van der Waals surface area contributed by atoms with Gasteiger partial charge in [0, 0.05) is 6.61 Å². The van der Waals surface area contributed by atoms with Gasteiger partial charge in [0.1, 0.15) is 6.10 Å². The molecule has 1 aromatic rings. The highest BCUT2D eigenvalue weighted by Gasteiger charge is 2.19. The molecular formula is C10H14N2O4. The van der Waals surface area contributed by atoms with Gasteiger partial charge in [0.25, 0.3) is 5.91 Å². The van der Waals surface area contributed by atoms with Crippen molar-refractivity contribution in [3.8, 4) is 0 Å². The molecule has 0 aliphatic carbocycles. The van der Waals surface area contributed by atoms with Crippen molar-refractivity contribution < 1.29 is 18.7 Å². The smallest absolute Gasteiger partial charge is 0.284 e. The third kappa shape index (κ3) is 3.74. The van der Waals surface area contributed by atoms with Crippen molar-refractivity contribution >= 4 is 11.8 Å². The Balaban J connectivity index is 0.000000160. The highest BCUT2D eigenvalue weighted by Crippen LogP contribution is 2.10. The lowest BCUT2D eigenvalue weighted by Gasteiger charge is -2.00. The largest absolute Gasteiger partial charge is 0.459 e. The summed E-state index contributed by atoms with van der Waals surface area (Å²) in [4.78, 5) is 20.5. The molecular weight excluding hydrogens is 212 g/mol. The first-order chi connectivity index (χ1) is 7.61. The monoisotopic (exact) mass is 226 g/mol. The van der Waals surface area contributed by atoms with Crippen LogP contribution in [0.1, 0.15) is 23.4 Å². The number of amides is 2. The van der Waals surface area contributed by atoms with E-state index >= 15 is 0 Å². The Morgan fingerprint density at radius 2 is 2.12 bits per heavy atom. The van der Waals surface area contributed by atoms with Gasteiger partial charge in [-0.2, -0.15) is 0 Å². The molecule has 2 rings (SSSR count). The van der Waals surface area contributed by atoms with Gasteiger partial charge in [-0.25, -0.2) is 0 Å². The lowest BCUT2D eigenvalue weighted by molar-refractivity contribution is -0.126. The van der Waals surface area contributed by atoms with E-state index < -0.39 is 5.91 Å². The molecule has 0 radical (unpaired) electrons. The molecule has 1 aliphatic heterocycles. The number of rotatable bonds is 2. The normalized spacial score (nSPS) is 18.6. The highest BCUT2D eigenvalue weighted by molar-refractivity contribution is 5.89. The first-order valence-electron chi connectivity index (χ1n) is 4.85. The van der Waals surface area contributed by atoms with Crippen LogP contribution in [-0.4, -0.2) is 24.5 Å². The van der Waals surface area contributed by atoms with Gasteiger partial charge in [-0.15, -0.1) is 0 Å². The van der Waals surface area contributed by atoms with Crippen molar-refractivity contribution in [3.63, 3.8) is 0 Å². The number of primary amides is 2. The van der Waals surface area contributed by atoms with Crippen LogP contribution in [0.2, 0.25) is 0 Å². The molecule has 1 atom stereocenters. The molecule has 0 aromatic carbocycles. The maximum atomic E-state index is 10.3. The number of carbonyl (C=O) groups is 2. The summed E-state index contributed by atoms with van der Waals surface area (Å²) in [5.41, 5.74) is 9.76. The molecule has 1 fully saturated rings. The van der Waals surface area contributed by atoms with E-state index in [4.69, 9.17) is 16.2 Å². The fraction of sp³-hybridized carbons (Fsp3) is 0.400. The molecule has 16 heavy (non-hydrogen) atoms. The second kappa shape index (κ2) is 5.92. The van der Waals surface area contributed by atoms with Crippen LogP contribution in [-0.2, 0) is 9.53 Å². The van der Waals surface area contributed by atoms with E-state index in [9.17, 15) is 9.59 Å². The van der Waals surface area contributed by atoms with Crippen LogP contribution in [0.5, 0.6) is 0 Å². The molecule has 1 unspecified atom stereocenters. The second-order valence-corrected chi connectivity index (χ2v) is 3.25. The van der Waals surface area contributed by atoms with E-state index in [-0.39, 0.29) is 17.8 Å². The fourth-order valence-electron chi connectivity index (χ4n) is 1.22. The third-order valence-corrected chi connectivity index (χ3v) is 2.01. The molecule has 0 bridgehead atoms. The quantitative estimate of drug-likeness (QED) is 0.741. The van der Waals surface area contributed by atoms with Crippen molar-refractivity contribution in [3.05, 3.63) is 24.2 Å². The van der Waals surface area contributed by atoms with E-state index in [2.05, 4.69) is 4.42 Å². The third-order valence-electron chi connectivity index (χ3n) is 2.01. The predicted octanol–water partition coefficient (Wildman–Crippen LogP) is 0.0292. The molecule has 1 aromatic heterocycles. The van der Waals surface area contributed by atoms with E-state index in [1.807, 2.05) is 0 Å². The van der Waals surface area contributed by atoms with Gasteiger partial charge in [-0.05, 0) is 25.0 Å². The van der Waals surface area contributed by atoms with Gasteiger partial charge < -0.3 is 20.6 Å². The number of hydrogen-bond donors (Lipinski definition) is 2. The van der Waals surface area contributed by atoms with Crippen LogP contribution in [0.15, 0.2) is 22.8 Å². The van der Waals surface area contributed by atoms with E-state index in [0.717, 1.165) is 12.8 Å². The van der Waals surface area contributed by atoms with Crippen LogP contribution in [0, 0.1) is 0 Å². The molecule has 6 nitrogen and oxygen atoms in total. The summed E-state index contributed by atoms with van der Waals surface area (Å²) in [5, 5.41) is 0. The molecule has 0 spiro atoms. The van der Waals surface area contributed by atoms with Gasteiger partial charge >= 0.3 is 0 Å². The summed E-state index contributed by atoms with van der Waals surface area (Å²) < 4.78 is 9.56. The minimum Gasteiger partial charge on any atom is -0.459 e. The molecule has 1 saturated heterocycles. The van der Waals surface area contributed by atoms with Crippen LogP contribution < -0.4 is 11.5 Å². The van der Waals surface area contributed by atoms with Crippen LogP contribution >= 0.6 is 0 Å². The summed E-state index contributed by atoms with van der Waals surface area (Å²) in [6.07, 6.45) is 2.87. The maximum absolute atomic E-state index is 10.3. The first-order valence-corrected chi connectivity index (χ1v) is 4.85. The Morgan fingerprint density at radius 1 is 1.38 bits per heavy atom. The molecule has 4 N–H and O–H groups in total. The Bertz CT molecular complexity index is 342. The summed E-state index contributed by atoms with van der Waals surface area (Å²) in [5.74, 6) is -0.664. The Kier molecular flexibility index (Phi) is 4.53. The van der Waals surface area contributed by atoms with Crippen molar-refractivity contribution in [2.75, 3.05) is 6.61 Å². The highest BCUT2D eigenvalue weighted by atomic mass is 16.5. The second-order valence-electron chi connectivity index (χ2n) is 3.25. The van der Waals surface area contributed by atoms with E-state index in [1.165, 1.54) is 12.3 Å². The summed E-state index contributed by atoms with van der Waals surface area (Å²) >= 11 is 0. The Hall–Kier alpha value is -1.82. The SMILES string of the molecule is NC(=O)C1CCCO1.NC(=O)c1ccco1. The zero-order valence-corrected chi connectivity index (χ0v) is 8.72. The van der Waals surface area contributed by atoms with Crippen molar-refractivity contribution in [1.82, 2.24) is 0 Å². The topological polar surface area (TPSA) is 109 Å². The molecule has 88 valence electrons. The van der Waals surface area contributed by atoms with Crippen molar-refractivity contribution in [1.29, 1.82) is 0 Å². The van der Waals surface area contributed by atoms with E-state index in [0.29, 0.717) is 6.61 Å². The molecule has 2 amide bonds. The number of carbonyl (C=O) groups excluding carboxylic acids is 2. The number of furan rings is 1. The van der Waals surface area contributed by atoms with Crippen LogP contribution in [0.25, 0.3) is 0 Å².